The second-order valence-electron chi connectivity index (χ2n) is 6.52. The third-order valence-corrected chi connectivity index (χ3v) is 4.18. The van der Waals surface area contributed by atoms with E-state index in [-0.39, 0.29) is 24.8 Å². The zero-order chi connectivity index (χ0) is 20.9. The quantitative estimate of drug-likeness (QED) is 0.335. The summed E-state index contributed by atoms with van der Waals surface area (Å²) in [6.45, 7) is 2.65. The van der Waals surface area contributed by atoms with Gasteiger partial charge in [-0.2, -0.15) is 0 Å². The molecule has 6 nitrogen and oxygen atoms in total. The molecule has 2 aromatic rings. The molecule has 0 radical (unpaired) electrons. The van der Waals surface area contributed by atoms with E-state index in [0.29, 0.717) is 36.3 Å². The molecular weight excluding hydrogens is 370 g/mol. The first-order valence-electron chi connectivity index (χ1n) is 9.85. The molecule has 0 heterocycles. The van der Waals surface area contributed by atoms with Crippen molar-refractivity contribution in [1.82, 2.24) is 5.32 Å². The molecule has 154 valence electrons. The summed E-state index contributed by atoms with van der Waals surface area (Å²) in [7, 11) is 0. The molecule has 1 N–H and O–H groups in total. The predicted molar refractivity (Wildman–Crippen MR) is 110 cm³/mol. The fourth-order valence-corrected chi connectivity index (χ4v) is 2.53. The van der Waals surface area contributed by atoms with Crippen LogP contribution in [0.25, 0.3) is 0 Å². The Morgan fingerprint density at radius 1 is 0.862 bits per heavy atom. The lowest BCUT2D eigenvalue weighted by Crippen LogP contribution is -2.30. The summed E-state index contributed by atoms with van der Waals surface area (Å²) in [5.74, 6) is -0.178. The van der Waals surface area contributed by atoms with Gasteiger partial charge < -0.3 is 14.8 Å². The van der Waals surface area contributed by atoms with Crippen molar-refractivity contribution in [2.45, 2.75) is 32.6 Å². The highest BCUT2D eigenvalue weighted by molar-refractivity contribution is 5.96. The van der Waals surface area contributed by atoms with Crippen molar-refractivity contribution in [3.63, 3.8) is 0 Å². The maximum absolute atomic E-state index is 12.1. The molecule has 0 unspecified atom stereocenters. The molecule has 0 aliphatic carbocycles. The van der Waals surface area contributed by atoms with Crippen LogP contribution in [0.5, 0.6) is 5.75 Å². The number of rotatable bonds is 12. The Bertz CT molecular complexity index is 787. The standard InChI is InChI=1S/C23H27NO5/c1-2-3-15-28-20-13-11-19(12-14-20)23(27)24-17-22(26)29-16-7-10-21(25)18-8-5-4-6-9-18/h4-6,8-9,11-14H,2-3,7,10,15-17H2,1H3,(H,24,27). The van der Waals surface area contributed by atoms with Gasteiger partial charge in [0, 0.05) is 17.5 Å². The molecule has 0 fully saturated rings. The molecule has 2 rings (SSSR count). The average Bonchev–Trinajstić information content (AvgIpc) is 2.76. The summed E-state index contributed by atoms with van der Waals surface area (Å²) >= 11 is 0. The summed E-state index contributed by atoms with van der Waals surface area (Å²) < 4.78 is 10.6. The first kappa shape index (κ1) is 22.1. The van der Waals surface area contributed by atoms with E-state index in [1.165, 1.54) is 0 Å². The highest BCUT2D eigenvalue weighted by Gasteiger charge is 2.10. The third kappa shape index (κ3) is 8.17. The zero-order valence-corrected chi connectivity index (χ0v) is 16.7. The lowest BCUT2D eigenvalue weighted by molar-refractivity contribution is -0.142. The van der Waals surface area contributed by atoms with E-state index >= 15 is 0 Å². The van der Waals surface area contributed by atoms with Crippen LogP contribution in [0.2, 0.25) is 0 Å². The van der Waals surface area contributed by atoms with Crippen LogP contribution in [0.3, 0.4) is 0 Å². The first-order valence-corrected chi connectivity index (χ1v) is 9.85. The molecule has 0 saturated carbocycles. The number of carbonyl (C=O) groups is 3. The Kier molecular flexibility index (Phi) is 9.42. The van der Waals surface area contributed by atoms with Crippen LogP contribution in [0.15, 0.2) is 54.6 Å². The van der Waals surface area contributed by atoms with Gasteiger partial charge in [0.25, 0.3) is 5.91 Å². The van der Waals surface area contributed by atoms with Crippen LogP contribution in [0.4, 0.5) is 0 Å². The number of amides is 1. The minimum absolute atomic E-state index is 0.0112. The second kappa shape index (κ2) is 12.3. The summed E-state index contributed by atoms with van der Waals surface area (Å²) in [6.07, 6.45) is 2.77. The van der Waals surface area contributed by atoms with Crippen molar-refractivity contribution in [2.24, 2.45) is 0 Å². The molecule has 0 bridgehead atoms. The normalized spacial score (nSPS) is 10.2. The number of unbranched alkanes of at least 4 members (excludes halogenated alkanes) is 1. The third-order valence-electron chi connectivity index (χ3n) is 4.18. The van der Waals surface area contributed by atoms with Gasteiger partial charge >= 0.3 is 5.97 Å². The highest BCUT2D eigenvalue weighted by Crippen LogP contribution is 2.12. The van der Waals surface area contributed by atoms with Gasteiger partial charge in [-0.05, 0) is 37.1 Å². The van der Waals surface area contributed by atoms with Crippen LogP contribution in [0, 0.1) is 0 Å². The lowest BCUT2D eigenvalue weighted by Gasteiger charge is -2.08. The fraction of sp³-hybridized carbons (Fsp3) is 0.348. The molecular formula is C23H27NO5. The van der Waals surface area contributed by atoms with Gasteiger partial charge in [-0.15, -0.1) is 0 Å². The molecule has 2 aromatic carbocycles. The first-order chi connectivity index (χ1) is 14.1. The molecule has 0 saturated heterocycles. The van der Waals surface area contributed by atoms with Crippen LogP contribution in [0.1, 0.15) is 53.3 Å². The molecule has 0 spiro atoms. The van der Waals surface area contributed by atoms with Crippen LogP contribution in [-0.2, 0) is 9.53 Å². The van der Waals surface area contributed by atoms with E-state index in [1.54, 1.807) is 36.4 Å². The largest absolute Gasteiger partial charge is 0.494 e. The number of ether oxygens (including phenoxy) is 2. The minimum Gasteiger partial charge on any atom is -0.494 e. The molecule has 0 aliphatic heterocycles. The fourth-order valence-electron chi connectivity index (χ4n) is 2.53. The Morgan fingerprint density at radius 2 is 1.59 bits per heavy atom. The van der Waals surface area contributed by atoms with Crippen molar-refractivity contribution in [2.75, 3.05) is 19.8 Å². The summed E-state index contributed by atoms with van der Waals surface area (Å²) in [5, 5.41) is 2.52. The molecule has 0 atom stereocenters. The van der Waals surface area contributed by atoms with E-state index in [9.17, 15) is 14.4 Å². The van der Waals surface area contributed by atoms with Crippen LogP contribution >= 0.6 is 0 Å². The number of benzene rings is 2. The van der Waals surface area contributed by atoms with E-state index in [0.717, 1.165) is 12.8 Å². The van der Waals surface area contributed by atoms with Crippen molar-refractivity contribution in [3.05, 3.63) is 65.7 Å². The summed E-state index contributed by atoms with van der Waals surface area (Å²) in [5.41, 5.74) is 1.09. The van der Waals surface area contributed by atoms with Gasteiger partial charge in [-0.1, -0.05) is 43.7 Å². The van der Waals surface area contributed by atoms with Gasteiger partial charge in [-0.25, -0.2) is 0 Å². The van der Waals surface area contributed by atoms with E-state index in [2.05, 4.69) is 12.2 Å². The SMILES string of the molecule is CCCCOc1ccc(C(=O)NCC(=O)OCCCC(=O)c2ccccc2)cc1. The lowest BCUT2D eigenvalue weighted by atomic mass is 10.1. The van der Waals surface area contributed by atoms with Gasteiger partial charge in [0.15, 0.2) is 5.78 Å². The van der Waals surface area contributed by atoms with Crippen LogP contribution < -0.4 is 10.1 Å². The Labute approximate surface area is 171 Å². The topological polar surface area (TPSA) is 81.7 Å². The maximum atomic E-state index is 12.1. The van der Waals surface area contributed by atoms with E-state index in [4.69, 9.17) is 9.47 Å². The monoisotopic (exact) mass is 397 g/mol. The number of ketones is 1. The molecule has 29 heavy (non-hydrogen) atoms. The number of Topliss-reactive ketones (excluding diaryl/α,β-unsaturated/α-hetero) is 1. The van der Waals surface area contributed by atoms with Gasteiger partial charge in [-0.3, -0.25) is 14.4 Å². The Morgan fingerprint density at radius 3 is 2.28 bits per heavy atom. The summed E-state index contributed by atoms with van der Waals surface area (Å²) in [6, 6.07) is 15.7. The molecule has 1 amide bonds. The zero-order valence-electron chi connectivity index (χ0n) is 16.7. The van der Waals surface area contributed by atoms with Gasteiger partial charge in [0.2, 0.25) is 0 Å². The number of carbonyl (C=O) groups excluding carboxylic acids is 3. The smallest absolute Gasteiger partial charge is 0.325 e. The predicted octanol–water partition coefficient (Wildman–Crippen LogP) is 3.80. The Hall–Kier alpha value is -3.15. The van der Waals surface area contributed by atoms with Crippen molar-refractivity contribution in [3.8, 4) is 5.75 Å². The van der Waals surface area contributed by atoms with Gasteiger partial charge in [0.05, 0.1) is 13.2 Å². The molecule has 6 heteroatoms. The van der Waals surface area contributed by atoms with Gasteiger partial charge in [0.1, 0.15) is 12.3 Å². The van der Waals surface area contributed by atoms with Crippen LogP contribution in [-0.4, -0.2) is 37.4 Å². The average molecular weight is 397 g/mol. The second-order valence-corrected chi connectivity index (χ2v) is 6.52. The van der Waals surface area contributed by atoms with E-state index < -0.39 is 5.97 Å². The van der Waals surface area contributed by atoms with Crippen molar-refractivity contribution < 1.29 is 23.9 Å². The minimum atomic E-state index is -0.537. The number of hydrogen-bond acceptors (Lipinski definition) is 5. The van der Waals surface area contributed by atoms with Crippen molar-refractivity contribution >= 4 is 17.7 Å². The Balaban J connectivity index is 1.63. The number of esters is 1. The van der Waals surface area contributed by atoms with Crippen molar-refractivity contribution in [1.29, 1.82) is 0 Å². The number of nitrogens with one attached hydrogen (secondary N) is 1. The maximum Gasteiger partial charge on any atom is 0.325 e. The summed E-state index contributed by atoms with van der Waals surface area (Å²) in [4.78, 5) is 35.8. The van der Waals surface area contributed by atoms with E-state index in [1.807, 2.05) is 18.2 Å². The molecule has 0 aromatic heterocycles. The highest BCUT2D eigenvalue weighted by atomic mass is 16.5. The number of hydrogen-bond donors (Lipinski definition) is 1. The molecule has 0 aliphatic rings.